The highest BCUT2D eigenvalue weighted by atomic mass is 15.3. The molecule has 94 valence electrons. The second-order valence-corrected chi connectivity index (χ2v) is 3.93. The molecule has 0 aliphatic rings. The van der Waals surface area contributed by atoms with E-state index in [4.69, 9.17) is 5.84 Å². The largest absolute Gasteiger partial charge is 0.359 e. The number of aromatic nitrogens is 3. The minimum absolute atomic E-state index is 0.607. The Balaban J connectivity index is 1.97. The number of likely N-dealkylation sites (N-methyl/N-ethyl adjacent to an activating group) is 1. The molecule has 0 atom stereocenters. The number of pyridine rings is 1. The maximum Gasteiger partial charge on any atom is 0.145 e. The van der Waals surface area contributed by atoms with Crippen LogP contribution in [0, 0.1) is 0 Å². The minimum Gasteiger partial charge on any atom is -0.359 e. The zero-order valence-electron chi connectivity index (χ0n) is 10.2. The summed E-state index contributed by atoms with van der Waals surface area (Å²) in [5, 5.41) is 0. The van der Waals surface area contributed by atoms with E-state index in [1.807, 2.05) is 25.2 Å². The highest BCUT2D eigenvalue weighted by Crippen LogP contribution is 2.12. The van der Waals surface area contributed by atoms with E-state index >= 15 is 0 Å². The number of nitrogens with zero attached hydrogens (tertiary/aromatic N) is 4. The molecule has 0 aliphatic carbocycles. The number of hydrogen-bond donors (Lipinski definition) is 2. The van der Waals surface area contributed by atoms with E-state index in [1.165, 1.54) is 11.9 Å². The maximum atomic E-state index is 5.32. The Labute approximate surface area is 106 Å². The van der Waals surface area contributed by atoms with E-state index in [2.05, 4.69) is 25.3 Å². The molecule has 0 aromatic carbocycles. The molecule has 0 saturated carbocycles. The van der Waals surface area contributed by atoms with Gasteiger partial charge >= 0.3 is 0 Å². The van der Waals surface area contributed by atoms with Crippen molar-refractivity contribution in [3.8, 4) is 0 Å². The lowest BCUT2D eigenvalue weighted by Gasteiger charge is -2.18. The number of hydrogen-bond acceptors (Lipinski definition) is 6. The lowest BCUT2D eigenvalue weighted by molar-refractivity contribution is 0.854. The summed E-state index contributed by atoms with van der Waals surface area (Å²) in [5.74, 6) is 6.77. The van der Waals surface area contributed by atoms with Gasteiger partial charge in [-0.15, -0.1) is 0 Å². The maximum absolute atomic E-state index is 5.32. The zero-order valence-corrected chi connectivity index (χ0v) is 10.2. The van der Waals surface area contributed by atoms with Gasteiger partial charge in [-0.2, -0.15) is 0 Å². The summed E-state index contributed by atoms with van der Waals surface area (Å²) in [6.45, 7) is 0.866. The van der Waals surface area contributed by atoms with E-state index in [9.17, 15) is 0 Å². The molecule has 2 aromatic rings. The summed E-state index contributed by atoms with van der Waals surface area (Å²) in [6.07, 6.45) is 6.04. The summed E-state index contributed by atoms with van der Waals surface area (Å²) in [7, 11) is 1.99. The fourth-order valence-electron chi connectivity index (χ4n) is 1.60. The molecule has 0 unspecified atom stereocenters. The van der Waals surface area contributed by atoms with Gasteiger partial charge in [0.1, 0.15) is 18.0 Å². The van der Waals surface area contributed by atoms with E-state index in [0.29, 0.717) is 5.82 Å². The van der Waals surface area contributed by atoms with Crippen LogP contribution >= 0.6 is 0 Å². The Morgan fingerprint density at radius 1 is 1.28 bits per heavy atom. The number of anilines is 2. The summed E-state index contributed by atoms with van der Waals surface area (Å²) in [6, 6.07) is 5.84. The standard InChI is InChI=1S/C12H16N6/c1-18(7-4-10-2-5-14-6-3-10)12-8-11(17-13)15-9-16-12/h2-3,5-6,8-9H,4,7,13H2,1H3,(H,15,16,17). The van der Waals surface area contributed by atoms with Gasteiger partial charge in [-0.25, -0.2) is 15.8 Å². The third-order valence-corrected chi connectivity index (χ3v) is 2.68. The molecule has 2 heterocycles. The second kappa shape index (κ2) is 5.92. The van der Waals surface area contributed by atoms with Crippen LogP contribution in [-0.2, 0) is 6.42 Å². The van der Waals surface area contributed by atoms with Crippen molar-refractivity contribution < 1.29 is 0 Å². The Bertz CT molecular complexity index is 487. The third-order valence-electron chi connectivity index (χ3n) is 2.68. The predicted molar refractivity (Wildman–Crippen MR) is 71.1 cm³/mol. The van der Waals surface area contributed by atoms with Gasteiger partial charge in [0.2, 0.25) is 0 Å². The lowest BCUT2D eigenvalue weighted by atomic mass is 10.2. The van der Waals surface area contributed by atoms with Gasteiger partial charge < -0.3 is 10.3 Å². The molecule has 0 radical (unpaired) electrons. The summed E-state index contributed by atoms with van der Waals surface area (Å²) < 4.78 is 0. The smallest absolute Gasteiger partial charge is 0.145 e. The van der Waals surface area contributed by atoms with Crippen molar-refractivity contribution in [1.82, 2.24) is 15.0 Å². The van der Waals surface area contributed by atoms with Crippen LogP contribution in [0.1, 0.15) is 5.56 Å². The van der Waals surface area contributed by atoms with Crippen LogP contribution < -0.4 is 16.2 Å². The van der Waals surface area contributed by atoms with Crippen molar-refractivity contribution >= 4 is 11.6 Å². The summed E-state index contributed by atoms with van der Waals surface area (Å²) >= 11 is 0. The Kier molecular flexibility index (Phi) is 4.03. The molecule has 0 fully saturated rings. The van der Waals surface area contributed by atoms with Crippen molar-refractivity contribution in [1.29, 1.82) is 0 Å². The molecule has 0 aliphatic heterocycles. The molecular weight excluding hydrogens is 228 g/mol. The van der Waals surface area contributed by atoms with Crippen molar-refractivity contribution in [3.63, 3.8) is 0 Å². The van der Waals surface area contributed by atoms with Crippen LogP contribution in [-0.4, -0.2) is 28.5 Å². The highest BCUT2D eigenvalue weighted by Gasteiger charge is 2.04. The number of hydrazine groups is 1. The van der Waals surface area contributed by atoms with Crippen LogP contribution in [0.2, 0.25) is 0 Å². The van der Waals surface area contributed by atoms with Gasteiger partial charge in [0.05, 0.1) is 0 Å². The first-order valence-electron chi connectivity index (χ1n) is 5.68. The van der Waals surface area contributed by atoms with Gasteiger partial charge in [0.15, 0.2) is 0 Å². The van der Waals surface area contributed by atoms with E-state index in [0.717, 1.165) is 18.8 Å². The fourth-order valence-corrected chi connectivity index (χ4v) is 1.60. The molecule has 2 aromatic heterocycles. The Hall–Kier alpha value is -2.21. The first kappa shape index (κ1) is 12.3. The van der Waals surface area contributed by atoms with Gasteiger partial charge in [0.25, 0.3) is 0 Å². The second-order valence-electron chi connectivity index (χ2n) is 3.93. The van der Waals surface area contributed by atoms with Crippen LogP contribution in [0.25, 0.3) is 0 Å². The lowest BCUT2D eigenvalue weighted by Crippen LogP contribution is -2.22. The van der Waals surface area contributed by atoms with Gasteiger partial charge in [-0.1, -0.05) is 0 Å². The molecule has 6 heteroatoms. The molecule has 0 amide bonds. The topological polar surface area (TPSA) is 80.0 Å². The van der Waals surface area contributed by atoms with Gasteiger partial charge in [-0.3, -0.25) is 4.98 Å². The molecular formula is C12H16N6. The minimum atomic E-state index is 0.607. The van der Waals surface area contributed by atoms with Crippen LogP contribution in [0.4, 0.5) is 11.6 Å². The highest BCUT2D eigenvalue weighted by molar-refractivity contribution is 5.47. The van der Waals surface area contributed by atoms with Crippen molar-refractivity contribution in [2.24, 2.45) is 5.84 Å². The van der Waals surface area contributed by atoms with Crippen LogP contribution in [0.15, 0.2) is 36.9 Å². The third kappa shape index (κ3) is 3.14. The molecule has 2 rings (SSSR count). The number of nitrogens with two attached hydrogens (primary N) is 1. The van der Waals surface area contributed by atoms with Crippen molar-refractivity contribution in [2.45, 2.75) is 6.42 Å². The molecule has 0 saturated heterocycles. The number of rotatable bonds is 5. The van der Waals surface area contributed by atoms with Crippen LogP contribution in [0.5, 0.6) is 0 Å². The zero-order chi connectivity index (χ0) is 12.8. The summed E-state index contributed by atoms with van der Waals surface area (Å²) in [4.78, 5) is 14.2. The number of nitrogen functional groups attached to an aromatic ring is 1. The molecule has 0 spiro atoms. The normalized spacial score (nSPS) is 10.1. The van der Waals surface area contributed by atoms with E-state index < -0.39 is 0 Å². The number of nitrogens with one attached hydrogen (secondary N) is 1. The van der Waals surface area contributed by atoms with Gasteiger partial charge in [-0.05, 0) is 24.1 Å². The monoisotopic (exact) mass is 244 g/mol. The molecule has 18 heavy (non-hydrogen) atoms. The van der Waals surface area contributed by atoms with Gasteiger partial charge in [0, 0.05) is 32.1 Å². The average molecular weight is 244 g/mol. The first-order chi connectivity index (χ1) is 8.79. The van der Waals surface area contributed by atoms with Crippen LogP contribution in [0.3, 0.4) is 0 Å². The molecule has 3 N–H and O–H groups in total. The Morgan fingerprint density at radius 2 is 2.06 bits per heavy atom. The molecule has 6 nitrogen and oxygen atoms in total. The molecule has 0 bridgehead atoms. The van der Waals surface area contributed by atoms with Crippen molar-refractivity contribution in [2.75, 3.05) is 23.9 Å². The van der Waals surface area contributed by atoms with E-state index in [1.54, 1.807) is 12.4 Å². The quantitative estimate of drug-likeness (QED) is 0.599. The average Bonchev–Trinajstić information content (AvgIpc) is 2.46. The fraction of sp³-hybridized carbons (Fsp3) is 0.250. The first-order valence-corrected chi connectivity index (χ1v) is 5.68. The predicted octanol–water partition coefficient (Wildman–Crippen LogP) is 0.836. The summed E-state index contributed by atoms with van der Waals surface area (Å²) in [5.41, 5.74) is 3.76. The van der Waals surface area contributed by atoms with Crippen molar-refractivity contribution in [3.05, 3.63) is 42.5 Å². The Morgan fingerprint density at radius 3 is 2.78 bits per heavy atom. The van der Waals surface area contributed by atoms with E-state index in [-0.39, 0.29) is 0 Å². The SMILES string of the molecule is CN(CCc1ccncc1)c1cc(NN)ncn1.